The molecule has 0 saturated carbocycles. The van der Waals surface area contributed by atoms with Crippen LogP contribution < -0.4 is 10.2 Å². The van der Waals surface area contributed by atoms with Crippen LogP contribution in [0.4, 0.5) is 17.3 Å². The third kappa shape index (κ3) is 6.45. The van der Waals surface area contributed by atoms with Crippen molar-refractivity contribution in [3.05, 3.63) is 138 Å². The molecular formula is C40H33Cl2N7O4S. The van der Waals surface area contributed by atoms with Crippen molar-refractivity contribution in [2.24, 2.45) is 0 Å². The summed E-state index contributed by atoms with van der Waals surface area (Å²) in [6.45, 7) is 1.81. The van der Waals surface area contributed by atoms with Crippen molar-refractivity contribution in [3.8, 4) is 22.3 Å². The van der Waals surface area contributed by atoms with Gasteiger partial charge in [-0.15, -0.1) is 0 Å². The molecule has 11 nitrogen and oxygen atoms in total. The maximum Gasteiger partial charge on any atom is 0.261 e. The summed E-state index contributed by atoms with van der Waals surface area (Å²) >= 11 is 12.7. The molecule has 0 aliphatic carbocycles. The Bertz CT molecular complexity index is 2460. The second-order valence-corrected chi connectivity index (χ2v) is 16.2. The average Bonchev–Trinajstić information content (AvgIpc) is 3.90. The number of nitrogens with zero attached hydrogens (tertiary/aromatic N) is 6. The monoisotopic (exact) mass is 777 g/mol. The highest BCUT2D eigenvalue weighted by Gasteiger charge is 2.53. The lowest BCUT2D eigenvalue weighted by Gasteiger charge is -2.29. The molecular weight excluding hydrogens is 745 g/mol. The van der Waals surface area contributed by atoms with E-state index in [9.17, 15) is 18.0 Å². The van der Waals surface area contributed by atoms with Gasteiger partial charge < -0.3 is 5.32 Å². The smallest absolute Gasteiger partial charge is 0.261 e. The van der Waals surface area contributed by atoms with Gasteiger partial charge in [0.15, 0.2) is 5.03 Å². The van der Waals surface area contributed by atoms with E-state index < -0.39 is 33.4 Å². The second-order valence-electron chi connectivity index (χ2n) is 13.5. The maximum absolute atomic E-state index is 14.7. The molecule has 8 rings (SSSR count). The van der Waals surface area contributed by atoms with Crippen LogP contribution in [0.3, 0.4) is 0 Å². The molecule has 1 saturated heterocycles. The number of carbonyl (C=O) groups excluding carboxylic acids is 2. The summed E-state index contributed by atoms with van der Waals surface area (Å²) in [6, 6.07) is 28.6. The van der Waals surface area contributed by atoms with Gasteiger partial charge in [0.05, 0.1) is 11.9 Å². The fraction of sp³-hybridized carbons (Fsp3) is 0.175. The highest BCUT2D eigenvalue weighted by Crippen LogP contribution is 2.45. The van der Waals surface area contributed by atoms with Gasteiger partial charge in [-0.2, -0.15) is 4.31 Å². The Labute approximate surface area is 322 Å². The molecule has 2 aliphatic heterocycles. The van der Waals surface area contributed by atoms with Crippen LogP contribution in [-0.4, -0.2) is 56.6 Å². The van der Waals surface area contributed by atoms with Gasteiger partial charge in [-0.1, -0.05) is 89.9 Å². The predicted octanol–water partition coefficient (Wildman–Crippen LogP) is 7.74. The Morgan fingerprint density at radius 1 is 0.852 bits per heavy atom. The minimum Gasteiger partial charge on any atom is -0.325 e. The first-order chi connectivity index (χ1) is 26.0. The van der Waals surface area contributed by atoms with Crippen molar-refractivity contribution in [2.75, 3.05) is 16.8 Å². The summed E-state index contributed by atoms with van der Waals surface area (Å²) in [5, 5.41) is 3.31. The van der Waals surface area contributed by atoms with Gasteiger partial charge in [0.1, 0.15) is 17.9 Å². The maximum atomic E-state index is 14.7. The van der Waals surface area contributed by atoms with E-state index in [4.69, 9.17) is 23.2 Å². The number of hydrogen-bond donors (Lipinski definition) is 1. The van der Waals surface area contributed by atoms with Crippen LogP contribution in [0.2, 0.25) is 10.0 Å². The Morgan fingerprint density at radius 2 is 1.48 bits per heavy atom. The molecule has 272 valence electrons. The highest BCUT2D eigenvalue weighted by molar-refractivity contribution is 7.89. The zero-order valence-corrected chi connectivity index (χ0v) is 31.3. The van der Waals surface area contributed by atoms with Gasteiger partial charge in [-0.3, -0.25) is 14.2 Å². The van der Waals surface area contributed by atoms with E-state index >= 15 is 0 Å². The lowest BCUT2D eigenvalue weighted by Crippen LogP contribution is -2.46. The molecule has 54 heavy (non-hydrogen) atoms. The molecule has 4 aromatic carbocycles. The molecule has 0 bridgehead atoms. The number of fused-ring (bicyclic) bond motifs is 1. The van der Waals surface area contributed by atoms with Gasteiger partial charge >= 0.3 is 0 Å². The molecule has 1 N–H and O–H groups in total. The van der Waals surface area contributed by atoms with E-state index in [-0.39, 0.29) is 23.9 Å². The fourth-order valence-corrected chi connectivity index (χ4v) is 9.65. The van der Waals surface area contributed by atoms with E-state index in [0.29, 0.717) is 34.3 Å². The lowest BCUT2D eigenvalue weighted by molar-refractivity contribution is -0.124. The quantitative estimate of drug-likeness (QED) is 0.159. The van der Waals surface area contributed by atoms with Crippen molar-refractivity contribution in [2.45, 2.75) is 42.8 Å². The van der Waals surface area contributed by atoms with E-state index in [1.165, 1.54) is 26.3 Å². The standard InChI is InChI=1S/C40H33Cl2N7O4S/c1-40(21-26-9-11-29(12-10-26)30-22-43-25-44-23-30)38(51)48(34-19-31(41)18-32(42)20-34)39-45-24-36(49(39)40)54(52,53)47-17-5-8-35(47)37(50)46-33-15-13-28(14-16-33)27-6-3-2-4-7-27/h2-4,6-7,9-16,18-20,22-25,35H,5,8,17,21H2,1H3,(H,46,50)/t35-,40+/m0/s1. The van der Waals surface area contributed by atoms with Crippen LogP contribution in [0.1, 0.15) is 25.3 Å². The van der Waals surface area contributed by atoms with Crippen molar-refractivity contribution in [1.82, 2.24) is 23.8 Å². The number of benzene rings is 4. The number of carbonyl (C=O) groups is 2. The summed E-state index contributed by atoms with van der Waals surface area (Å²) in [5.41, 5.74) is 3.95. The van der Waals surface area contributed by atoms with E-state index in [1.807, 2.05) is 66.7 Å². The number of imidazole rings is 1. The second kappa shape index (κ2) is 14.1. The summed E-state index contributed by atoms with van der Waals surface area (Å²) in [4.78, 5) is 42.5. The average molecular weight is 779 g/mol. The number of amides is 2. The summed E-state index contributed by atoms with van der Waals surface area (Å²) in [7, 11) is -4.37. The van der Waals surface area contributed by atoms with Crippen LogP contribution in [0.25, 0.3) is 22.3 Å². The van der Waals surface area contributed by atoms with E-state index in [2.05, 4.69) is 20.3 Å². The minimum absolute atomic E-state index is 0.0937. The number of nitrogens with one attached hydrogen (secondary N) is 1. The molecule has 2 aromatic heterocycles. The minimum atomic E-state index is -4.37. The summed E-state index contributed by atoms with van der Waals surface area (Å²) in [6.07, 6.45) is 7.06. The molecule has 14 heteroatoms. The molecule has 2 aliphatic rings. The van der Waals surface area contributed by atoms with Gasteiger partial charge in [0, 0.05) is 46.7 Å². The summed E-state index contributed by atoms with van der Waals surface area (Å²) < 4.78 is 32.1. The fourth-order valence-electron chi connectivity index (χ4n) is 7.29. The van der Waals surface area contributed by atoms with Crippen LogP contribution in [0.5, 0.6) is 0 Å². The Kier molecular flexibility index (Phi) is 9.31. The first-order valence-corrected chi connectivity index (χ1v) is 19.4. The topological polar surface area (TPSA) is 130 Å². The first kappa shape index (κ1) is 35.6. The van der Waals surface area contributed by atoms with Gasteiger partial charge in [0.25, 0.3) is 15.9 Å². The van der Waals surface area contributed by atoms with Gasteiger partial charge in [-0.25, -0.2) is 28.3 Å². The van der Waals surface area contributed by atoms with Crippen molar-refractivity contribution in [1.29, 1.82) is 0 Å². The lowest BCUT2D eigenvalue weighted by atomic mass is 9.91. The normalized spacial score (nSPS) is 18.5. The molecule has 4 heterocycles. The third-order valence-corrected chi connectivity index (χ3v) is 12.2. The number of aromatic nitrogens is 4. The Morgan fingerprint density at radius 3 is 2.17 bits per heavy atom. The molecule has 2 amide bonds. The third-order valence-electron chi connectivity index (χ3n) is 9.91. The Balaban J connectivity index is 1.13. The number of halogens is 2. The van der Waals surface area contributed by atoms with E-state index in [1.54, 1.807) is 49.6 Å². The summed E-state index contributed by atoms with van der Waals surface area (Å²) in [5.74, 6) is -0.769. The molecule has 0 unspecified atom stereocenters. The van der Waals surface area contributed by atoms with Crippen molar-refractivity contribution < 1.29 is 18.0 Å². The molecule has 2 atom stereocenters. The van der Waals surface area contributed by atoms with Gasteiger partial charge in [-0.05, 0) is 72.4 Å². The predicted molar refractivity (Wildman–Crippen MR) is 208 cm³/mol. The van der Waals surface area contributed by atoms with Gasteiger partial charge in [0.2, 0.25) is 11.9 Å². The van der Waals surface area contributed by atoms with Crippen molar-refractivity contribution >= 4 is 62.4 Å². The Hall–Kier alpha value is -5.40. The number of sulfonamides is 1. The van der Waals surface area contributed by atoms with Crippen LogP contribution >= 0.6 is 23.2 Å². The molecule has 6 aromatic rings. The van der Waals surface area contributed by atoms with Crippen molar-refractivity contribution in [3.63, 3.8) is 0 Å². The first-order valence-electron chi connectivity index (χ1n) is 17.2. The van der Waals surface area contributed by atoms with Crippen LogP contribution in [-0.2, 0) is 31.6 Å². The van der Waals surface area contributed by atoms with E-state index in [0.717, 1.165) is 27.8 Å². The highest BCUT2D eigenvalue weighted by atomic mass is 35.5. The van der Waals surface area contributed by atoms with Crippen LogP contribution in [0.15, 0.2) is 127 Å². The number of rotatable bonds is 9. The molecule has 0 spiro atoms. The zero-order chi connectivity index (χ0) is 37.6. The molecule has 0 radical (unpaired) electrons. The largest absolute Gasteiger partial charge is 0.325 e. The molecule has 1 fully saturated rings. The van der Waals surface area contributed by atoms with Crippen LogP contribution in [0, 0.1) is 0 Å². The SMILES string of the molecule is C[C@@]1(Cc2ccc(-c3cncnc3)cc2)C(=O)N(c2cc(Cl)cc(Cl)c2)c2ncc(S(=O)(=O)N3CCC[C@H]3C(=O)Nc3ccc(-c4ccccc4)cc3)n21. The number of hydrogen-bond acceptors (Lipinski definition) is 7. The number of anilines is 3. The zero-order valence-electron chi connectivity index (χ0n) is 28.9.